The zero-order valence-corrected chi connectivity index (χ0v) is 13.8. The van der Waals surface area contributed by atoms with Crippen LogP contribution in [0.2, 0.25) is 0 Å². The number of hydrogen-bond acceptors (Lipinski definition) is 3. The average molecular weight is 297 g/mol. The molecule has 0 bridgehead atoms. The molecule has 0 aromatic rings. The predicted octanol–water partition coefficient (Wildman–Crippen LogP) is 2.47. The van der Waals surface area contributed by atoms with Gasteiger partial charge in [0.15, 0.2) is 5.96 Å². The van der Waals surface area contributed by atoms with Crippen molar-refractivity contribution in [2.24, 2.45) is 10.4 Å². The molecule has 0 spiro atoms. The second-order valence-electron chi connectivity index (χ2n) is 5.86. The summed E-state index contributed by atoms with van der Waals surface area (Å²) in [5, 5.41) is 6.63. The van der Waals surface area contributed by atoms with Crippen molar-refractivity contribution in [2.45, 2.75) is 58.8 Å². The van der Waals surface area contributed by atoms with Crippen LogP contribution in [-0.2, 0) is 9.53 Å². The van der Waals surface area contributed by atoms with Gasteiger partial charge in [0.1, 0.15) is 0 Å². The number of nitrogens with zero attached hydrogens (tertiary/aromatic N) is 1. The lowest BCUT2D eigenvalue weighted by molar-refractivity contribution is -0.140. The van der Waals surface area contributed by atoms with E-state index >= 15 is 0 Å². The van der Waals surface area contributed by atoms with E-state index in [0.29, 0.717) is 11.8 Å². The number of ether oxygens (including phenoxy) is 1. The number of guanidine groups is 1. The molecule has 1 fully saturated rings. The monoisotopic (exact) mass is 297 g/mol. The van der Waals surface area contributed by atoms with Crippen molar-refractivity contribution in [3.8, 4) is 0 Å². The molecule has 122 valence electrons. The first-order valence-electron chi connectivity index (χ1n) is 8.25. The normalized spacial score (nSPS) is 17.0. The Labute approximate surface area is 128 Å². The van der Waals surface area contributed by atoms with Crippen LogP contribution in [0, 0.1) is 5.41 Å². The average Bonchev–Trinajstić information content (AvgIpc) is 2.45. The molecular weight excluding hydrogens is 266 g/mol. The quantitative estimate of drug-likeness (QED) is 0.297. The molecule has 0 unspecified atom stereocenters. The second kappa shape index (κ2) is 9.64. The fourth-order valence-corrected chi connectivity index (χ4v) is 2.59. The van der Waals surface area contributed by atoms with E-state index in [-0.39, 0.29) is 5.97 Å². The Morgan fingerprint density at radius 1 is 1.24 bits per heavy atom. The van der Waals surface area contributed by atoms with Crippen LogP contribution in [0.5, 0.6) is 0 Å². The topological polar surface area (TPSA) is 62.7 Å². The number of esters is 1. The maximum absolute atomic E-state index is 11.0. The summed E-state index contributed by atoms with van der Waals surface area (Å²) in [6, 6.07) is 0. The van der Waals surface area contributed by atoms with Crippen molar-refractivity contribution in [3.05, 3.63) is 0 Å². The summed E-state index contributed by atoms with van der Waals surface area (Å²) in [6.07, 6.45) is 7.47. The predicted molar refractivity (Wildman–Crippen MR) is 86.4 cm³/mol. The minimum atomic E-state index is -0.134. The standard InChI is InChI=1S/C16H31N3O2/c1-4-16(10-8-11-16)13-19-15(17-5-2)18-12-7-6-9-14(20)21-3/h4-13H2,1-3H3,(H2,17,18,19). The van der Waals surface area contributed by atoms with E-state index in [1.54, 1.807) is 0 Å². The lowest BCUT2D eigenvalue weighted by atomic mass is 9.67. The molecule has 0 amide bonds. The van der Waals surface area contributed by atoms with Crippen molar-refractivity contribution in [1.82, 2.24) is 10.6 Å². The third-order valence-electron chi connectivity index (χ3n) is 4.41. The van der Waals surface area contributed by atoms with Crippen LogP contribution in [0.3, 0.4) is 0 Å². The number of carbonyl (C=O) groups excluding carboxylic acids is 1. The van der Waals surface area contributed by atoms with E-state index in [9.17, 15) is 4.79 Å². The van der Waals surface area contributed by atoms with Gasteiger partial charge in [0.05, 0.1) is 7.11 Å². The summed E-state index contributed by atoms with van der Waals surface area (Å²) in [5.74, 6) is 0.765. The summed E-state index contributed by atoms with van der Waals surface area (Å²) in [7, 11) is 1.43. The van der Waals surface area contributed by atoms with Gasteiger partial charge < -0.3 is 15.4 Å². The second-order valence-corrected chi connectivity index (χ2v) is 5.86. The largest absolute Gasteiger partial charge is 0.469 e. The van der Waals surface area contributed by atoms with E-state index in [1.165, 1.54) is 32.8 Å². The highest BCUT2D eigenvalue weighted by Crippen LogP contribution is 2.43. The van der Waals surface area contributed by atoms with Crippen LogP contribution < -0.4 is 10.6 Å². The molecule has 0 aliphatic heterocycles. The number of aliphatic imine (C=N–C) groups is 1. The van der Waals surface area contributed by atoms with Crippen LogP contribution >= 0.6 is 0 Å². The Balaban J connectivity index is 2.27. The van der Waals surface area contributed by atoms with Gasteiger partial charge in [-0.25, -0.2) is 0 Å². The van der Waals surface area contributed by atoms with Crippen molar-refractivity contribution in [3.63, 3.8) is 0 Å². The molecule has 0 aromatic carbocycles. The van der Waals surface area contributed by atoms with Gasteiger partial charge in [0.2, 0.25) is 0 Å². The SMILES string of the molecule is CCNC(=NCC1(CC)CCC1)NCCCCC(=O)OC. The third kappa shape index (κ3) is 6.36. The molecular formula is C16H31N3O2. The van der Waals surface area contributed by atoms with E-state index < -0.39 is 0 Å². The summed E-state index contributed by atoms with van der Waals surface area (Å²) in [4.78, 5) is 15.7. The Hall–Kier alpha value is -1.26. The zero-order valence-electron chi connectivity index (χ0n) is 13.8. The number of methoxy groups -OCH3 is 1. The maximum Gasteiger partial charge on any atom is 0.305 e. The Bertz CT molecular complexity index is 333. The zero-order chi connectivity index (χ0) is 15.6. The molecule has 5 heteroatoms. The number of carbonyl (C=O) groups is 1. The first-order chi connectivity index (χ1) is 10.2. The van der Waals surface area contributed by atoms with Crippen molar-refractivity contribution in [2.75, 3.05) is 26.7 Å². The smallest absolute Gasteiger partial charge is 0.305 e. The Morgan fingerprint density at radius 2 is 2.00 bits per heavy atom. The molecule has 1 aliphatic carbocycles. The number of unbranched alkanes of at least 4 members (excludes halogenated alkanes) is 1. The molecule has 0 atom stereocenters. The van der Waals surface area contributed by atoms with Gasteiger partial charge in [-0.1, -0.05) is 13.3 Å². The lowest BCUT2D eigenvalue weighted by Crippen LogP contribution is -2.40. The number of rotatable bonds is 9. The van der Waals surface area contributed by atoms with E-state index in [0.717, 1.165) is 38.4 Å². The van der Waals surface area contributed by atoms with Crippen LogP contribution in [-0.4, -0.2) is 38.7 Å². The van der Waals surface area contributed by atoms with Gasteiger partial charge >= 0.3 is 5.97 Å². The molecule has 21 heavy (non-hydrogen) atoms. The molecule has 2 N–H and O–H groups in total. The van der Waals surface area contributed by atoms with Gasteiger partial charge in [-0.15, -0.1) is 0 Å². The lowest BCUT2D eigenvalue weighted by Gasteiger charge is -2.40. The molecule has 0 aromatic heterocycles. The summed E-state index contributed by atoms with van der Waals surface area (Å²) < 4.78 is 4.63. The Morgan fingerprint density at radius 3 is 2.52 bits per heavy atom. The fourth-order valence-electron chi connectivity index (χ4n) is 2.59. The van der Waals surface area contributed by atoms with Gasteiger partial charge in [-0.2, -0.15) is 0 Å². The van der Waals surface area contributed by atoms with Crippen molar-refractivity contribution in [1.29, 1.82) is 0 Å². The highest BCUT2D eigenvalue weighted by molar-refractivity contribution is 5.79. The molecule has 0 heterocycles. The van der Waals surface area contributed by atoms with Gasteiger partial charge in [0, 0.05) is 26.1 Å². The van der Waals surface area contributed by atoms with Gasteiger partial charge in [-0.05, 0) is 44.4 Å². The first-order valence-corrected chi connectivity index (χ1v) is 8.25. The highest BCUT2D eigenvalue weighted by atomic mass is 16.5. The van der Waals surface area contributed by atoms with E-state index in [2.05, 4.69) is 29.2 Å². The number of nitrogens with one attached hydrogen (secondary N) is 2. The third-order valence-corrected chi connectivity index (χ3v) is 4.41. The van der Waals surface area contributed by atoms with Crippen LogP contribution in [0.15, 0.2) is 4.99 Å². The number of hydrogen-bond donors (Lipinski definition) is 2. The molecule has 0 radical (unpaired) electrons. The van der Waals surface area contributed by atoms with Gasteiger partial charge in [-0.3, -0.25) is 9.79 Å². The van der Waals surface area contributed by atoms with Crippen LogP contribution in [0.1, 0.15) is 58.8 Å². The van der Waals surface area contributed by atoms with E-state index in [1.807, 2.05) is 0 Å². The van der Waals surface area contributed by atoms with Crippen LogP contribution in [0.25, 0.3) is 0 Å². The molecule has 1 aliphatic rings. The van der Waals surface area contributed by atoms with Gasteiger partial charge in [0.25, 0.3) is 0 Å². The fraction of sp³-hybridized carbons (Fsp3) is 0.875. The molecule has 5 nitrogen and oxygen atoms in total. The summed E-state index contributed by atoms with van der Waals surface area (Å²) in [6.45, 7) is 6.96. The van der Waals surface area contributed by atoms with Crippen molar-refractivity contribution < 1.29 is 9.53 Å². The minimum Gasteiger partial charge on any atom is -0.469 e. The highest BCUT2D eigenvalue weighted by Gasteiger charge is 2.34. The molecule has 0 saturated heterocycles. The van der Waals surface area contributed by atoms with E-state index in [4.69, 9.17) is 4.99 Å². The molecule has 1 rings (SSSR count). The summed E-state index contributed by atoms with van der Waals surface area (Å²) >= 11 is 0. The van der Waals surface area contributed by atoms with Crippen LogP contribution in [0.4, 0.5) is 0 Å². The van der Waals surface area contributed by atoms with Crippen molar-refractivity contribution >= 4 is 11.9 Å². The Kier molecular flexibility index (Phi) is 8.16. The molecule has 1 saturated carbocycles. The minimum absolute atomic E-state index is 0.134. The first kappa shape index (κ1) is 17.8. The summed E-state index contributed by atoms with van der Waals surface area (Å²) in [5.41, 5.74) is 0.452. The maximum atomic E-state index is 11.0.